The SMILES string of the molecule is CCn1c(S[C@@H](C)C(=O)N(C)CCC#N)nnc1-c1ccc(Cl)cc1. The minimum Gasteiger partial charge on any atom is -0.344 e. The number of carbonyl (C=O) groups excluding carboxylic acids is 1. The van der Waals surface area contributed by atoms with Crippen molar-refractivity contribution in [3.63, 3.8) is 0 Å². The molecule has 0 fully saturated rings. The van der Waals surface area contributed by atoms with Crippen molar-refractivity contribution in [1.29, 1.82) is 5.26 Å². The van der Waals surface area contributed by atoms with E-state index >= 15 is 0 Å². The van der Waals surface area contributed by atoms with Crippen LogP contribution in [-0.2, 0) is 11.3 Å². The van der Waals surface area contributed by atoms with E-state index in [1.54, 1.807) is 11.9 Å². The predicted molar refractivity (Wildman–Crippen MR) is 99.3 cm³/mol. The zero-order valence-electron chi connectivity index (χ0n) is 14.4. The first kappa shape index (κ1) is 19.3. The van der Waals surface area contributed by atoms with Crippen LogP contribution in [0.1, 0.15) is 20.3 Å². The number of amides is 1. The topological polar surface area (TPSA) is 74.8 Å². The van der Waals surface area contributed by atoms with Crippen LogP contribution < -0.4 is 0 Å². The fraction of sp³-hybridized carbons (Fsp3) is 0.412. The minimum absolute atomic E-state index is 0.0288. The summed E-state index contributed by atoms with van der Waals surface area (Å²) in [6.07, 6.45) is 0.325. The molecule has 0 unspecified atom stereocenters. The van der Waals surface area contributed by atoms with Crippen LogP contribution in [0.25, 0.3) is 11.4 Å². The molecule has 132 valence electrons. The van der Waals surface area contributed by atoms with Crippen molar-refractivity contribution in [2.24, 2.45) is 0 Å². The summed E-state index contributed by atoms with van der Waals surface area (Å²) in [5, 5.41) is 18.2. The summed E-state index contributed by atoms with van der Waals surface area (Å²) in [5.74, 6) is 0.720. The van der Waals surface area contributed by atoms with Crippen molar-refractivity contribution < 1.29 is 4.79 Å². The van der Waals surface area contributed by atoms with Crippen LogP contribution in [0.2, 0.25) is 5.02 Å². The van der Waals surface area contributed by atoms with Crippen LogP contribution in [0.4, 0.5) is 0 Å². The third kappa shape index (κ3) is 4.74. The molecule has 0 aliphatic rings. The van der Waals surface area contributed by atoms with Crippen molar-refractivity contribution in [3.8, 4) is 17.5 Å². The lowest BCUT2D eigenvalue weighted by molar-refractivity contribution is -0.128. The molecule has 1 heterocycles. The first-order valence-corrected chi connectivity index (χ1v) is 9.21. The number of nitrogens with zero attached hydrogens (tertiary/aromatic N) is 5. The van der Waals surface area contributed by atoms with Gasteiger partial charge < -0.3 is 9.47 Å². The Balaban J connectivity index is 2.16. The fourth-order valence-corrected chi connectivity index (χ4v) is 3.47. The van der Waals surface area contributed by atoms with E-state index in [1.165, 1.54) is 11.8 Å². The molecule has 1 atom stereocenters. The minimum atomic E-state index is -0.309. The van der Waals surface area contributed by atoms with Gasteiger partial charge >= 0.3 is 0 Å². The Morgan fingerprint density at radius 3 is 2.68 bits per heavy atom. The van der Waals surface area contributed by atoms with Gasteiger partial charge in [-0.25, -0.2) is 0 Å². The first-order valence-electron chi connectivity index (χ1n) is 7.95. The molecule has 6 nitrogen and oxygen atoms in total. The Bertz CT molecular complexity index is 768. The summed E-state index contributed by atoms with van der Waals surface area (Å²) in [6.45, 7) is 4.97. The molecule has 2 aromatic rings. The monoisotopic (exact) mass is 377 g/mol. The van der Waals surface area contributed by atoms with E-state index in [1.807, 2.05) is 48.7 Å². The molecule has 0 radical (unpaired) electrons. The highest BCUT2D eigenvalue weighted by molar-refractivity contribution is 8.00. The van der Waals surface area contributed by atoms with Crippen molar-refractivity contribution in [2.45, 2.75) is 37.2 Å². The van der Waals surface area contributed by atoms with E-state index in [4.69, 9.17) is 16.9 Å². The van der Waals surface area contributed by atoms with Crippen LogP contribution in [0.3, 0.4) is 0 Å². The van der Waals surface area contributed by atoms with Gasteiger partial charge in [-0.1, -0.05) is 23.4 Å². The summed E-state index contributed by atoms with van der Waals surface area (Å²) >= 11 is 7.31. The molecule has 25 heavy (non-hydrogen) atoms. The average Bonchev–Trinajstić information content (AvgIpc) is 3.01. The van der Waals surface area contributed by atoms with Crippen LogP contribution in [-0.4, -0.2) is 44.4 Å². The van der Waals surface area contributed by atoms with Gasteiger partial charge in [0.1, 0.15) is 0 Å². The molecule has 2 rings (SSSR count). The van der Waals surface area contributed by atoms with Gasteiger partial charge in [-0.2, -0.15) is 5.26 Å². The Labute approximate surface area is 156 Å². The highest BCUT2D eigenvalue weighted by Gasteiger charge is 2.22. The van der Waals surface area contributed by atoms with E-state index in [9.17, 15) is 4.79 Å². The lowest BCUT2D eigenvalue weighted by atomic mass is 10.2. The fourth-order valence-electron chi connectivity index (χ4n) is 2.32. The van der Waals surface area contributed by atoms with Gasteiger partial charge in [0.25, 0.3) is 0 Å². The maximum Gasteiger partial charge on any atom is 0.235 e. The van der Waals surface area contributed by atoms with E-state index in [0.29, 0.717) is 29.7 Å². The number of benzene rings is 1. The highest BCUT2D eigenvalue weighted by Crippen LogP contribution is 2.28. The van der Waals surface area contributed by atoms with Gasteiger partial charge in [-0.15, -0.1) is 10.2 Å². The number of aromatic nitrogens is 3. The lowest BCUT2D eigenvalue weighted by Crippen LogP contribution is -2.34. The second-order valence-electron chi connectivity index (χ2n) is 5.49. The lowest BCUT2D eigenvalue weighted by Gasteiger charge is -2.19. The molecule has 1 aromatic carbocycles. The Kier molecular flexibility index (Phi) is 6.85. The molecule has 8 heteroatoms. The number of nitriles is 1. The van der Waals surface area contributed by atoms with E-state index < -0.39 is 0 Å². The van der Waals surface area contributed by atoms with Crippen molar-refractivity contribution in [1.82, 2.24) is 19.7 Å². The Hall–Kier alpha value is -2.04. The molecular formula is C17H20ClN5OS. The summed E-state index contributed by atoms with van der Waals surface area (Å²) < 4.78 is 1.98. The molecule has 0 saturated carbocycles. The summed E-state index contributed by atoms with van der Waals surface area (Å²) in [4.78, 5) is 14.0. The van der Waals surface area contributed by atoms with Gasteiger partial charge in [0.05, 0.1) is 17.7 Å². The molecule has 0 aliphatic heterocycles. The normalized spacial score (nSPS) is 11.8. The summed E-state index contributed by atoms with van der Waals surface area (Å²) in [7, 11) is 1.71. The molecule has 0 saturated heterocycles. The van der Waals surface area contributed by atoms with Gasteiger partial charge in [-0.05, 0) is 38.1 Å². The third-order valence-electron chi connectivity index (χ3n) is 3.70. The Morgan fingerprint density at radius 1 is 1.40 bits per heavy atom. The Morgan fingerprint density at radius 2 is 2.08 bits per heavy atom. The van der Waals surface area contributed by atoms with E-state index in [0.717, 1.165) is 11.4 Å². The summed E-state index contributed by atoms with van der Waals surface area (Å²) in [5.41, 5.74) is 0.927. The van der Waals surface area contributed by atoms with Crippen molar-refractivity contribution in [2.75, 3.05) is 13.6 Å². The van der Waals surface area contributed by atoms with Crippen LogP contribution in [0.5, 0.6) is 0 Å². The van der Waals surface area contributed by atoms with Crippen molar-refractivity contribution in [3.05, 3.63) is 29.3 Å². The smallest absolute Gasteiger partial charge is 0.235 e. The van der Waals surface area contributed by atoms with Gasteiger partial charge in [0.15, 0.2) is 11.0 Å². The molecule has 1 amide bonds. The number of thioether (sulfide) groups is 1. The molecular weight excluding hydrogens is 358 g/mol. The van der Waals surface area contributed by atoms with E-state index in [-0.39, 0.29) is 11.2 Å². The van der Waals surface area contributed by atoms with Crippen LogP contribution >= 0.6 is 23.4 Å². The number of halogens is 1. The molecule has 0 N–H and O–H groups in total. The largest absolute Gasteiger partial charge is 0.344 e. The zero-order chi connectivity index (χ0) is 18.4. The standard InChI is InChI=1S/C17H20ClN5OS/c1-4-23-15(13-6-8-14(18)9-7-13)20-21-17(23)25-12(2)16(24)22(3)11-5-10-19/h6-9,12H,4-5,11H2,1-3H3/t12-/m0/s1. The highest BCUT2D eigenvalue weighted by atomic mass is 35.5. The van der Waals surface area contributed by atoms with Gasteiger partial charge in [0.2, 0.25) is 5.91 Å². The average molecular weight is 378 g/mol. The van der Waals surface area contributed by atoms with E-state index in [2.05, 4.69) is 10.2 Å². The number of carbonyl (C=O) groups is 1. The zero-order valence-corrected chi connectivity index (χ0v) is 16.0. The second-order valence-corrected chi connectivity index (χ2v) is 7.23. The molecule has 0 aliphatic carbocycles. The number of rotatable bonds is 7. The van der Waals surface area contributed by atoms with Crippen LogP contribution in [0, 0.1) is 11.3 Å². The van der Waals surface area contributed by atoms with Gasteiger partial charge in [0, 0.05) is 30.7 Å². The molecule has 0 bridgehead atoms. The molecule has 0 spiro atoms. The third-order valence-corrected chi connectivity index (χ3v) is 5.02. The molecule has 1 aromatic heterocycles. The van der Waals surface area contributed by atoms with Crippen molar-refractivity contribution >= 4 is 29.3 Å². The summed E-state index contributed by atoms with van der Waals surface area (Å²) in [6, 6.07) is 9.48. The number of hydrogen-bond acceptors (Lipinski definition) is 5. The van der Waals surface area contributed by atoms with Gasteiger partial charge in [-0.3, -0.25) is 4.79 Å². The first-order chi connectivity index (χ1) is 12.0. The second kappa shape index (κ2) is 8.88. The quantitative estimate of drug-likeness (QED) is 0.690. The maximum absolute atomic E-state index is 12.4. The van der Waals surface area contributed by atoms with Crippen LogP contribution in [0.15, 0.2) is 29.4 Å². The predicted octanol–water partition coefficient (Wildman–Crippen LogP) is 3.47. The maximum atomic E-state index is 12.4. The number of hydrogen-bond donors (Lipinski definition) is 0.